The van der Waals surface area contributed by atoms with E-state index in [9.17, 15) is 18.3 Å². The van der Waals surface area contributed by atoms with Crippen molar-refractivity contribution in [2.24, 2.45) is 5.92 Å². The van der Waals surface area contributed by atoms with E-state index in [0.717, 1.165) is 0 Å². The maximum absolute atomic E-state index is 12.2. The van der Waals surface area contributed by atoms with Gasteiger partial charge < -0.3 is 9.84 Å². The molecule has 0 aromatic rings. The lowest BCUT2D eigenvalue weighted by Gasteiger charge is -2.35. The Morgan fingerprint density at radius 1 is 1.40 bits per heavy atom. The Morgan fingerprint density at radius 3 is 2.30 bits per heavy atom. The van der Waals surface area contributed by atoms with Gasteiger partial charge in [-0.05, 0) is 33.6 Å². The monoisotopic (exact) mass is 308 g/mol. The average Bonchev–Trinajstić information content (AvgIpc) is 2.36. The number of piperidine rings is 1. The molecule has 1 fully saturated rings. The second kappa shape index (κ2) is 6.38. The van der Waals surface area contributed by atoms with Crippen molar-refractivity contribution in [3.05, 3.63) is 0 Å². The molecule has 1 atom stereocenters. The summed E-state index contributed by atoms with van der Waals surface area (Å²) in [6, 6.07) is 0. The zero-order valence-corrected chi connectivity index (χ0v) is 13.2. The van der Waals surface area contributed by atoms with Gasteiger partial charge in [-0.1, -0.05) is 0 Å². The van der Waals surface area contributed by atoms with Crippen LogP contribution in [0.15, 0.2) is 0 Å². The Balaban J connectivity index is 2.66. The largest absolute Gasteiger partial charge is 0.469 e. The van der Waals surface area contributed by atoms with E-state index < -0.39 is 21.9 Å². The third-order valence-electron chi connectivity index (χ3n) is 3.76. The smallest absolute Gasteiger partial charge is 0.308 e. The van der Waals surface area contributed by atoms with Crippen LogP contribution in [0.25, 0.3) is 0 Å². The van der Waals surface area contributed by atoms with Crippen LogP contribution in [-0.2, 0) is 19.7 Å². The summed E-state index contributed by atoms with van der Waals surface area (Å²) < 4.78 is 32.9. The van der Waals surface area contributed by atoms with Crippen LogP contribution in [0.3, 0.4) is 0 Å². The third-order valence-corrected chi connectivity index (χ3v) is 5.59. The van der Waals surface area contributed by atoms with Crippen molar-refractivity contribution in [2.75, 3.05) is 20.2 Å². The van der Waals surface area contributed by atoms with Crippen LogP contribution >= 0.6 is 0 Å². The number of carbonyl (C=O) groups is 1. The summed E-state index contributed by atoms with van der Waals surface area (Å²) in [6.07, 6.45) is 0.0793. The van der Waals surface area contributed by atoms with E-state index in [1.807, 2.05) is 0 Å². The van der Waals surface area contributed by atoms with Gasteiger partial charge in [0.2, 0.25) is 0 Å². The highest BCUT2D eigenvalue weighted by Gasteiger charge is 2.36. The van der Waals surface area contributed by atoms with Crippen molar-refractivity contribution in [3.63, 3.8) is 0 Å². The van der Waals surface area contributed by atoms with Gasteiger partial charge in [0.15, 0.2) is 0 Å². The summed E-state index contributed by atoms with van der Waals surface area (Å²) >= 11 is 0. The van der Waals surface area contributed by atoms with Gasteiger partial charge in [-0.2, -0.15) is 17.4 Å². The summed E-state index contributed by atoms with van der Waals surface area (Å²) in [4.78, 5) is 11.4. The van der Waals surface area contributed by atoms with Crippen LogP contribution in [0.1, 0.15) is 33.6 Å². The molecule has 0 aromatic heterocycles. The zero-order chi connectivity index (χ0) is 15.6. The van der Waals surface area contributed by atoms with Crippen molar-refractivity contribution in [1.29, 1.82) is 0 Å². The number of nitrogens with zero attached hydrogens (tertiary/aromatic N) is 1. The summed E-state index contributed by atoms with van der Waals surface area (Å²) in [5.74, 6) is -0.532. The number of hydrogen-bond acceptors (Lipinski definition) is 5. The molecule has 8 heteroatoms. The molecule has 0 amide bonds. The molecule has 7 nitrogen and oxygen atoms in total. The third kappa shape index (κ3) is 4.15. The second-order valence-corrected chi connectivity index (χ2v) is 7.37. The SMILES string of the molecule is COC(=O)C1CCN(S(=O)(=O)NC(C)(C)C(C)O)CC1. The van der Waals surface area contributed by atoms with Gasteiger partial charge in [-0.15, -0.1) is 0 Å². The van der Waals surface area contributed by atoms with Gasteiger partial charge in [0.1, 0.15) is 0 Å². The molecular formula is C12H24N2O5S. The lowest BCUT2D eigenvalue weighted by atomic mass is 9.99. The Labute approximate surface area is 120 Å². The van der Waals surface area contributed by atoms with Crippen molar-refractivity contribution in [1.82, 2.24) is 9.03 Å². The van der Waals surface area contributed by atoms with Gasteiger partial charge in [-0.3, -0.25) is 4.79 Å². The molecule has 1 heterocycles. The molecule has 1 aliphatic rings. The van der Waals surface area contributed by atoms with Crippen LogP contribution in [0.4, 0.5) is 0 Å². The fourth-order valence-electron chi connectivity index (χ4n) is 1.98. The van der Waals surface area contributed by atoms with E-state index in [4.69, 9.17) is 0 Å². The van der Waals surface area contributed by atoms with Gasteiger partial charge in [0.05, 0.1) is 24.7 Å². The molecule has 0 spiro atoms. The van der Waals surface area contributed by atoms with Crippen LogP contribution in [0.2, 0.25) is 0 Å². The number of nitrogens with one attached hydrogen (secondary N) is 1. The molecule has 20 heavy (non-hydrogen) atoms. The number of aliphatic hydroxyl groups is 1. The second-order valence-electron chi connectivity index (χ2n) is 5.70. The van der Waals surface area contributed by atoms with E-state index in [2.05, 4.69) is 9.46 Å². The van der Waals surface area contributed by atoms with E-state index in [1.54, 1.807) is 13.8 Å². The highest BCUT2D eigenvalue weighted by Crippen LogP contribution is 2.21. The molecular weight excluding hydrogens is 284 g/mol. The maximum atomic E-state index is 12.2. The number of ether oxygens (including phenoxy) is 1. The number of rotatable bonds is 5. The highest BCUT2D eigenvalue weighted by atomic mass is 32.2. The molecule has 118 valence electrons. The lowest BCUT2D eigenvalue weighted by molar-refractivity contribution is -0.146. The first kappa shape index (κ1) is 17.4. The highest BCUT2D eigenvalue weighted by molar-refractivity contribution is 7.87. The molecule has 0 radical (unpaired) electrons. The quantitative estimate of drug-likeness (QED) is 0.690. The first-order valence-electron chi connectivity index (χ1n) is 6.65. The normalized spacial score (nSPS) is 20.6. The first-order chi connectivity index (χ1) is 9.10. The number of aliphatic hydroxyl groups excluding tert-OH is 1. The standard InChI is InChI=1S/C12H24N2O5S/c1-9(15)12(2,3)13-20(17,18)14-7-5-10(6-8-14)11(16)19-4/h9-10,13,15H,5-8H2,1-4H3. The minimum atomic E-state index is -3.67. The van der Waals surface area contributed by atoms with Crippen LogP contribution in [0, 0.1) is 5.92 Å². The Bertz CT molecular complexity index is 439. The maximum Gasteiger partial charge on any atom is 0.308 e. The van der Waals surface area contributed by atoms with Gasteiger partial charge >= 0.3 is 5.97 Å². The van der Waals surface area contributed by atoms with Crippen LogP contribution < -0.4 is 4.72 Å². The predicted molar refractivity (Wildman–Crippen MR) is 74.1 cm³/mol. The molecule has 1 aliphatic heterocycles. The predicted octanol–water partition coefficient (Wildman–Crippen LogP) is -0.135. The Kier molecular flexibility index (Phi) is 5.54. The Morgan fingerprint density at radius 2 is 1.90 bits per heavy atom. The molecule has 1 rings (SSSR count). The van der Waals surface area contributed by atoms with E-state index in [-0.39, 0.29) is 25.0 Å². The van der Waals surface area contributed by atoms with E-state index in [0.29, 0.717) is 12.8 Å². The van der Waals surface area contributed by atoms with Crippen molar-refractivity contribution >= 4 is 16.2 Å². The van der Waals surface area contributed by atoms with Crippen molar-refractivity contribution < 1.29 is 23.1 Å². The van der Waals surface area contributed by atoms with Crippen LogP contribution in [-0.4, -0.2) is 55.6 Å². The van der Waals surface area contributed by atoms with Gasteiger partial charge in [0, 0.05) is 13.1 Å². The topological polar surface area (TPSA) is 95.9 Å². The van der Waals surface area contributed by atoms with E-state index >= 15 is 0 Å². The molecule has 1 saturated heterocycles. The number of methoxy groups -OCH3 is 1. The minimum Gasteiger partial charge on any atom is -0.469 e. The summed E-state index contributed by atoms with van der Waals surface area (Å²) in [5, 5.41) is 9.58. The minimum absolute atomic E-state index is 0.240. The number of carbonyl (C=O) groups excluding carboxylic acids is 1. The fraction of sp³-hybridized carbons (Fsp3) is 0.917. The molecule has 0 aromatic carbocycles. The fourth-order valence-corrected chi connectivity index (χ4v) is 3.64. The first-order valence-corrected chi connectivity index (χ1v) is 8.09. The zero-order valence-electron chi connectivity index (χ0n) is 12.4. The average molecular weight is 308 g/mol. The molecule has 1 unspecified atom stereocenters. The van der Waals surface area contributed by atoms with Gasteiger partial charge in [-0.25, -0.2) is 0 Å². The number of hydrogen-bond donors (Lipinski definition) is 2. The lowest BCUT2D eigenvalue weighted by Crippen LogP contribution is -2.56. The van der Waals surface area contributed by atoms with Crippen molar-refractivity contribution in [2.45, 2.75) is 45.3 Å². The molecule has 2 N–H and O–H groups in total. The molecule has 0 aliphatic carbocycles. The van der Waals surface area contributed by atoms with Gasteiger partial charge in [0.25, 0.3) is 10.2 Å². The summed E-state index contributed by atoms with van der Waals surface area (Å²) in [6.45, 7) is 5.31. The summed E-state index contributed by atoms with van der Waals surface area (Å²) in [5.41, 5.74) is -0.946. The van der Waals surface area contributed by atoms with Crippen molar-refractivity contribution in [3.8, 4) is 0 Å². The van der Waals surface area contributed by atoms with E-state index in [1.165, 1.54) is 18.3 Å². The molecule has 0 bridgehead atoms. The summed E-state index contributed by atoms with van der Waals surface area (Å²) in [7, 11) is -2.34. The Hall–Kier alpha value is -0.700. The van der Waals surface area contributed by atoms with Crippen LogP contribution in [0.5, 0.6) is 0 Å². The number of esters is 1. The molecule has 0 saturated carbocycles.